The zero-order chi connectivity index (χ0) is 25.9. The fourth-order valence-corrected chi connectivity index (χ4v) is 4.11. The summed E-state index contributed by atoms with van der Waals surface area (Å²) in [6.07, 6.45) is 7.06. The molecule has 0 saturated heterocycles. The summed E-state index contributed by atoms with van der Waals surface area (Å²) < 4.78 is 5.53. The molecule has 3 rings (SSSR count). The molecule has 5 heteroatoms. The van der Waals surface area contributed by atoms with Gasteiger partial charge in [0.25, 0.3) is 5.91 Å². The maximum absolute atomic E-state index is 12.9. The van der Waals surface area contributed by atoms with Crippen molar-refractivity contribution in [1.29, 1.82) is 0 Å². The van der Waals surface area contributed by atoms with Gasteiger partial charge in [-0.1, -0.05) is 62.4 Å². The van der Waals surface area contributed by atoms with Gasteiger partial charge in [0.2, 0.25) is 0 Å². The molecule has 0 spiro atoms. The number of hydrogen-bond donors (Lipinski definition) is 2. The van der Waals surface area contributed by atoms with Gasteiger partial charge in [-0.2, -0.15) is 0 Å². The van der Waals surface area contributed by atoms with E-state index in [1.54, 1.807) is 6.07 Å². The Bertz CT molecular complexity index is 1150. The SMILES string of the molecule is C=C(/C=C(N=C(CCCC)c1ccccc1)\C(C)=C/C)CNC(=O)c1ccc2c(c1)C(CO)COC2. The van der Waals surface area contributed by atoms with E-state index in [0.717, 1.165) is 58.5 Å². The van der Waals surface area contributed by atoms with E-state index in [9.17, 15) is 9.90 Å². The van der Waals surface area contributed by atoms with Crippen LogP contribution in [0.1, 0.15) is 73.0 Å². The van der Waals surface area contributed by atoms with E-state index < -0.39 is 0 Å². The Morgan fingerprint density at radius 3 is 2.69 bits per heavy atom. The van der Waals surface area contributed by atoms with Crippen LogP contribution in [-0.4, -0.2) is 36.5 Å². The Balaban J connectivity index is 1.76. The maximum Gasteiger partial charge on any atom is 0.251 e. The zero-order valence-electron chi connectivity index (χ0n) is 21.7. The number of amides is 1. The van der Waals surface area contributed by atoms with Crippen LogP contribution in [0.15, 0.2) is 89.1 Å². The van der Waals surface area contributed by atoms with Crippen LogP contribution in [0.25, 0.3) is 0 Å². The molecule has 0 aliphatic carbocycles. The second-order valence-electron chi connectivity index (χ2n) is 9.18. The minimum absolute atomic E-state index is 0.00348. The molecule has 1 amide bonds. The first-order chi connectivity index (χ1) is 17.5. The van der Waals surface area contributed by atoms with Crippen LogP contribution < -0.4 is 5.32 Å². The number of allylic oxidation sites excluding steroid dienone is 2. The molecule has 36 heavy (non-hydrogen) atoms. The molecular formula is C31H38N2O3. The lowest BCUT2D eigenvalue weighted by atomic mass is 9.91. The zero-order valence-corrected chi connectivity index (χ0v) is 21.7. The number of aliphatic hydroxyl groups is 1. The number of nitrogens with one attached hydrogen (secondary N) is 1. The molecule has 1 aliphatic heterocycles. The van der Waals surface area contributed by atoms with Gasteiger partial charge in [-0.25, -0.2) is 0 Å². The van der Waals surface area contributed by atoms with Crippen LogP contribution in [0.2, 0.25) is 0 Å². The number of carbonyl (C=O) groups is 1. The molecule has 1 atom stereocenters. The molecule has 0 aromatic heterocycles. The van der Waals surface area contributed by atoms with Gasteiger partial charge in [-0.05, 0) is 72.7 Å². The Labute approximate surface area is 215 Å². The quantitative estimate of drug-likeness (QED) is 0.297. The predicted octanol–water partition coefficient (Wildman–Crippen LogP) is 6.11. The summed E-state index contributed by atoms with van der Waals surface area (Å²) in [5.74, 6) is -0.272. The summed E-state index contributed by atoms with van der Waals surface area (Å²) in [7, 11) is 0. The third kappa shape index (κ3) is 7.36. The summed E-state index contributed by atoms with van der Waals surface area (Å²) in [6, 6.07) is 15.9. The van der Waals surface area contributed by atoms with E-state index >= 15 is 0 Å². The van der Waals surface area contributed by atoms with Crippen molar-refractivity contribution >= 4 is 11.6 Å². The van der Waals surface area contributed by atoms with Gasteiger partial charge in [0.15, 0.2) is 0 Å². The van der Waals surface area contributed by atoms with Crippen LogP contribution in [0.5, 0.6) is 0 Å². The van der Waals surface area contributed by atoms with Crippen LogP contribution >= 0.6 is 0 Å². The highest BCUT2D eigenvalue weighted by atomic mass is 16.5. The van der Waals surface area contributed by atoms with Crippen molar-refractivity contribution in [2.45, 2.75) is 52.6 Å². The first-order valence-corrected chi connectivity index (χ1v) is 12.7. The van der Waals surface area contributed by atoms with Crippen molar-refractivity contribution in [1.82, 2.24) is 5.32 Å². The number of hydrogen-bond acceptors (Lipinski definition) is 4. The summed E-state index contributed by atoms with van der Waals surface area (Å²) in [4.78, 5) is 17.9. The molecule has 2 aromatic carbocycles. The molecule has 190 valence electrons. The first kappa shape index (κ1) is 27.3. The number of carbonyl (C=O) groups excluding carboxylic acids is 1. The van der Waals surface area contributed by atoms with Gasteiger partial charge in [-0.15, -0.1) is 0 Å². The van der Waals surface area contributed by atoms with E-state index in [0.29, 0.717) is 25.3 Å². The van der Waals surface area contributed by atoms with Gasteiger partial charge >= 0.3 is 0 Å². The van der Waals surface area contributed by atoms with E-state index in [2.05, 4.69) is 31.0 Å². The van der Waals surface area contributed by atoms with Gasteiger partial charge in [0, 0.05) is 23.7 Å². The standard InChI is InChI=1S/C31H38N2O3/c1-5-7-13-29(24-11-9-8-10-12-24)33-30(23(4)6-2)16-22(3)18-32-31(35)25-14-15-26-20-36-21-27(19-34)28(26)17-25/h6,8-12,14-17,27,34H,3,5,7,13,18-21H2,1-2,4H3,(H,32,35)/b23-6-,30-16+,33-29?. The van der Waals surface area contributed by atoms with Crippen molar-refractivity contribution in [2.75, 3.05) is 19.8 Å². The normalized spacial score (nSPS) is 16.4. The fourth-order valence-electron chi connectivity index (χ4n) is 4.11. The number of fused-ring (bicyclic) bond motifs is 1. The summed E-state index contributed by atoms with van der Waals surface area (Å²) in [6.45, 7) is 11.7. The van der Waals surface area contributed by atoms with Crippen molar-refractivity contribution in [3.63, 3.8) is 0 Å². The average Bonchev–Trinajstić information content (AvgIpc) is 2.92. The highest BCUT2D eigenvalue weighted by Crippen LogP contribution is 2.27. The summed E-state index contributed by atoms with van der Waals surface area (Å²) in [5.41, 5.74) is 7.43. The molecule has 0 saturated carbocycles. The largest absolute Gasteiger partial charge is 0.396 e. The van der Waals surface area contributed by atoms with E-state index in [-0.39, 0.29) is 18.4 Å². The topological polar surface area (TPSA) is 70.9 Å². The minimum atomic E-state index is -0.170. The molecule has 2 N–H and O–H groups in total. The van der Waals surface area contributed by atoms with Crippen LogP contribution in [-0.2, 0) is 11.3 Å². The highest BCUT2D eigenvalue weighted by molar-refractivity contribution is 6.01. The van der Waals surface area contributed by atoms with Crippen molar-refractivity contribution in [3.05, 3.63) is 106 Å². The smallest absolute Gasteiger partial charge is 0.251 e. The summed E-state index contributed by atoms with van der Waals surface area (Å²) in [5, 5.41) is 12.6. The lowest BCUT2D eigenvalue weighted by molar-refractivity contribution is 0.0720. The van der Waals surface area contributed by atoms with Gasteiger partial charge < -0.3 is 15.2 Å². The number of unbranched alkanes of at least 4 members (excludes halogenated alkanes) is 1. The van der Waals surface area contributed by atoms with Crippen molar-refractivity contribution < 1.29 is 14.6 Å². The van der Waals surface area contributed by atoms with Gasteiger partial charge in [0.1, 0.15) is 0 Å². The Hall–Kier alpha value is -3.28. The molecule has 1 aliphatic rings. The Morgan fingerprint density at radius 1 is 1.22 bits per heavy atom. The second-order valence-corrected chi connectivity index (χ2v) is 9.18. The number of aliphatic imine (C=N–C) groups is 1. The average molecular weight is 487 g/mol. The Morgan fingerprint density at radius 2 is 2.00 bits per heavy atom. The van der Waals surface area contributed by atoms with Crippen LogP contribution in [0, 0.1) is 0 Å². The summed E-state index contributed by atoms with van der Waals surface area (Å²) >= 11 is 0. The molecule has 0 bridgehead atoms. The van der Waals surface area contributed by atoms with Crippen molar-refractivity contribution in [3.8, 4) is 0 Å². The maximum atomic E-state index is 12.9. The number of benzene rings is 2. The molecule has 0 radical (unpaired) electrons. The monoisotopic (exact) mass is 486 g/mol. The highest BCUT2D eigenvalue weighted by Gasteiger charge is 2.21. The number of nitrogens with zero attached hydrogens (tertiary/aromatic N) is 1. The fraction of sp³-hybridized carbons (Fsp3) is 0.355. The third-order valence-electron chi connectivity index (χ3n) is 6.43. The Kier molecular flexibility index (Phi) is 10.4. The number of ether oxygens (including phenoxy) is 1. The predicted molar refractivity (Wildman–Crippen MR) is 147 cm³/mol. The molecule has 0 fully saturated rings. The molecular weight excluding hydrogens is 448 g/mol. The van der Waals surface area contributed by atoms with Crippen LogP contribution in [0.3, 0.4) is 0 Å². The van der Waals surface area contributed by atoms with E-state index in [4.69, 9.17) is 9.73 Å². The van der Waals surface area contributed by atoms with Crippen LogP contribution in [0.4, 0.5) is 0 Å². The lowest BCUT2D eigenvalue weighted by Gasteiger charge is -2.24. The van der Waals surface area contributed by atoms with Crippen molar-refractivity contribution in [2.24, 2.45) is 4.99 Å². The number of rotatable bonds is 11. The number of aliphatic hydroxyl groups excluding tert-OH is 1. The molecule has 1 unspecified atom stereocenters. The lowest BCUT2D eigenvalue weighted by Crippen LogP contribution is -2.26. The van der Waals surface area contributed by atoms with Gasteiger partial charge in [-0.3, -0.25) is 9.79 Å². The van der Waals surface area contributed by atoms with E-state index in [1.807, 2.05) is 56.3 Å². The third-order valence-corrected chi connectivity index (χ3v) is 6.43. The second kappa shape index (κ2) is 13.7. The molecule has 5 nitrogen and oxygen atoms in total. The van der Waals surface area contributed by atoms with Gasteiger partial charge in [0.05, 0.1) is 25.5 Å². The first-order valence-electron chi connectivity index (χ1n) is 12.7. The molecule has 1 heterocycles. The minimum Gasteiger partial charge on any atom is -0.396 e. The van der Waals surface area contributed by atoms with E-state index in [1.165, 1.54) is 0 Å². The molecule has 2 aromatic rings.